The summed E-state index contributed by atoms with van der Waals surface area (Å²) in [7, 11) is 3.44. The van der Waals surface area contributed by atoms with E-state index in [-0.39, 0.29) is 39.4 Å². The number of nitrogen functional groups attached to an aromatic ring is 1. The minimum atomic E-state index is -0.570. The Hall–Kier alpha value is -3.02. The molecular formula is C16H14N2O4. The molecule has 112 valence electrons. The van der Waals surface area contributed by atoms with E-state index in [4.69, 9.17) is 5.73 Å². The number of carbonyl (C=O) groups is 2. The maximum atomic E-state index is 12.8. The number of fused-ring (bicyclic) bond motifs is 2. The Bertz CT molecular complexity index is 841. The van der Waals surface area contributed by atoms with Crippen molar-refractivity contribution in [2.24, 2.45) is 0 Å². The summed E-state index contributed by atoms with van der Waals surface area (Å²) in [5, 5.41) is 20.0. The number of nitrogens with zero attached hydrogens (tertiary/aromatic N) is 1. The van der Waals surface area contributed by atoms with Crippen molar-refractivity contribution in [1.29, 1.82) is 0 Å². The smallest absolute Gasteiger partial charge is 0.200 e. The van der Waals surface area contributed by atoms with Crippen LogP contribution in [0.5, 0.6) is 11.5 Å². The first-order valence-electron chi connectivity index (χ1n) is 6.58. The van der Waals surface area contributed by atoms with Crippen molar-refractivity contribution in [3.05, 3.63) is 46.5 Å². The fraction of sp³-hybridized carbons (Fsp3) is 0.125. The van der Waals surface area contributed by atoms with Crippen LogP contribution in [0.1, 0.15) is 31.8 Å². The molecule has 6 heteroatoms. The van der Waals surface area contributed by atoms with E-state index in [1.165, 1.54) is 18.2 Å². The number of anilines is 2. The Labute approximate surface area is 126 Å². The van der Waals surface area contributed by atoms with Gasteiger partial charge in [0, 0.05) is 25.5 Å². The first kappa shape index (κ1) is 13.9. The van der Waals surface area contributed by atoms with Crippen LogP contribution in [-0.4, -0.2) is 35.9 Å². The number of hydrogen-bond acceptors (Lipinski definition) is 6. The van der Waals surface area contributed by atoms with Gasteiger partial charge in [0.15, 0.2) is 0 Å². The molecule has 4 N–H and O–H groups in total. The molecule has 2 aromatic rings. The molecule has 0 unspecified atom stereocenters. The van der Waals surface area contributed by atoms with Crippen LogP contribution < -0.4 is 10.6 Å². The largest absolute Gasteiger partial charge is 0.507 e. The first-order chi connectivity index (χ1) is 10.3. The molecule has 0 saturated carbocycles. The molecule has 1 aliphatic rings. The van der Waals surface area contributed by atoms with E-state index in [1.807, 2.05) is 0 Å². The molecule has 0 bridgehead atoms. The number of carbonyl (C=O) groups excluding carboxylic acids is 2. The fourth-order valence-electron chi connectivity index (χ4n) is 2.75. The Kier molecular flexibility index (Phi) is 2.84. The molecule has 0 saturated heterocycles. The van der Waals surface area contributed by atoms with Crippen LogP contribution in [0.3, 0.4) is 0 Å². The first-order valence-corrected chi connectivity index (χ1v) is 6.58. The van der Waals surface area contributed by atoms with E-state index in [9.17, 15) is 19.8 Å². The lowest BCUT2D eigenvalue weighted by Gasteiger charge is -2.25. The highest BCUT2D eigenvalue weighted by Crippen LogP contribution is 2.42. The number of benzene rings is 2. The van der Waals surface area contributed by atoms with E-state index >= 15 is 0 Å². The van der Waals surface area contributed by atoms with E-state index in [1.54, 1.807) is 25.1 Å². The van der Waals surface area contributed by atoms with Gasteiger partial charge in [-0.25, -0.2) is 0 Å². The van der Waals surface area contributed by atoms with Crippen molar-refractivity contribution in [2.45, 2.75) is 0 Å². The van der Waals surface area contributed by atoms with E-state index < -0.39 is 11.6 Å². The molecule has 0 heterocycles. The molecule has 6 nitrogen and oxygen atoms in total. The highest BCUT2D eigenvalue weighted by Gasteiger charge is 2.37. The number of rotatable bonds is 1. The summed E-state index contributed by atoms with van der Waals surface area (Å²) in [6, 6.07) is 5.55. The van der Waals surface area contributed by atoms with Gasteiger partial charge in [0.1, 0.15) is 11.5 Å². The normalized spacial score (nSPS) is 12.8. The average Bonchev–Trinajstić information content (AvgIpc) is 2.46. The third-order valence-corrected chi connectivity index (χ3v) is 3.77. The summed E-state index contributed by atoms with van der Waals surface area (Å²) in [6.45, 7) is 0. The van der Waals surface area contributed by atoms with Crippen molar-refractivity contribution in [2.75, 3.05) is 24.7 Å². The molecule has 1 aliphatic carbocycles. The van der Waals surface area contributed by atoms with Gasteiger partial charge in [-0.3, -0.25) is 9.59 Å². The lowest BCUT2D eigenvalue weighted by atomic mass is 9.81. The summed E-state index contributed by atoms with van der Waals surface area (Å²) in [4.78, 5) is 27.2. The second-order valence-electron chi connectivity index (χ2n) is 5.33. The van der Waals surface area contributed by atoms with Gasteiger partial charge < -0.3 is 20.8 Å². The Balaban J connectivity index is 2.44. The SMILES string of the molecule is CN(C)c1ccc(O)c2c1C(=O)c1c(O)ccc(N)c1C2=O. The molecule has 3 rings (SSSR count). The third kappa shape index (κ3) is 1.67. The van der Waals surface area contributed by atoms with Crippen molar-refractivity contribution in [1.82, 2.24) is 0 Å². The monoisotopic (exact) mass is 298 g/mol. The molecule has 2 aromatic carbocycles. The zero-order chi connectivity index (χ0) is 16.2. The molecule has 22 heavy (non-hydrogen) atoms. The number of ketones is 2. The highest BCUT2D eigenvalue weighted by atomic mass is 16.3. The number of aromatic hydroxyl groups is 2. The van der Waals surface area contributed by atoms with Gasteiger partial charge in [-0.1, -0.05) is 0 Å². The molecule has 0 spiro atoms. The van der Waals surface area contributed by atoms with Gasteiger partial charge in [0.25, 0.3) is 0 Å². The lowest BCUT2D eigenvalue weighted by Crippen LogP contribution is -2.25. The second kappa shape index (κ2) is 4.49. The van der Waals surface area contributed by atoms with Gasteiger partial charge in [0.2, 0.25) is 11.6 Å². The number of phenols is 2. The average molecular weight is 298 g/mol. The molecule has 0 aliphatic heterocycles. The van der Waals surface area contributed by atoms with Crippen LogP contribution in [0, 0.1) is 0 Å². The molecule has 0 radical (unpaired) electrons. The third-order valence-electron chi connectivity index (χ3n) is 3.77. The number of hydrogen-bond donors (Lipinski definition) is 3. The molecule has 0 fully saturated rings. The van der Waals surface area contributed by atoms with Crippen LogP contribution in [0.15, 0.2) is 24.3 Å². The molecule has 0 amide bonds. The quantitative estimate of drug-likeness (QED) is 0.465. The summed E-state index contributed by atoms with van der Waals surface area (Å²) >= 11 is 0. The van der Waals surface area contributed by atoms with Crippen molar-refractivity contribution < 1.29 is 19.8 Å². The van der Waals surface area contributed by atoms with Gasteiger partial charge in [-0.05, 0) is 24.3 Å². The van der Waals surface area contributed by atoms with E-state index in [0.717, 1.165) is 0 Å². The summed E-state index contributed by atoms with van der Waals surface area (Å²) in [5.41, 5.74) is 6.17. The summed E-state index contributed by atoms with van der Waals surface area (Å²) < 4.78 is 0. The topological polar surface area (TPSA) is 104 Å². The minimum absolute atomic E-state index is 0.0660. The summed E-state index contributed by atoms with van der Waals surface area (Å²) in [6.07, 6.45) is 0. The minimum Gasteiger partial charge on any atom is -0.507 e. The van der Waals surface area contributed by atoms with Crippen LogP contribution in [-0.2, 0) is 0 Å². The van der Waals surface area contributed by atoms with Crippen molar-refractivity contribution in [3.63, 3.8) is 0 Å². The number of phenolic OH excluding ortho intramolecular Hbond substituents is 2. The maximum Gasteiger partial charge on any atom is 0.200 e. The number of nitrogens with two attached hydrogens (primary N) is 1. The maximum absolute atomic E-state index is 12.8. The predicted molar refractivity (Wildman–Crippen MR) is 81.8 cm³/mol. The predicted octanol–water partition coefficient (Wildman–Crippen LogP) is 1.52. The zero-order valence-electron chi connectivity index (χ0n) is 12.0. The summed E-state index contributed by atoms with van der Waals surface area (Å²) in [5.74, 6) is -1.69. The molecular weight excluding hydrogens is 284 g/mol. The van der Waals surface area contributed by atoms with Crippen molar-refractivity contribution in [3.8, 4) is 11.5 Å². The van der Waals surface area contributed by atoms with Crippen LogP contribution >= 0.6 is 0 Å². The van der Waals surface area contributed by atoms with Crippen LogP contribution in [0.25, 0.3) is 0 Å². The van der Waals surface area contributed by atoms with Crippen LogP contribution in [0.4, 0.5) is 11.4 Å². The van der Waals surface area contributed by atoms with E-state index in [2.05, 4.69) is 0 Å². The Morgan fingerprint density at radius 2 is 1.32 bits per heavy atom. The van der Waals surface area contributed by atoms with Gasteiger partial charge in [0.05, 0.1) is 22.3 Å². The van der Waals surface area contributed by atoms with Gasteiger partial charge >= 0.3 is 0 Å². The second-order valence-corrected chi connectivity index (χ2v) is 5.33. The highest BCUT2D eigenvalue weighted by molar-refractivity contribution is 6.33. The van der Waals surface area contributed by atoms with Gasteiger partial charge in [-0.15, -0.1) is 0 Å². The Morgan fingerprint density at radius 3 is 1.91 bits per heavy atom. The fourth-order valence-corrected chi connectivity index (χ4v) is 2.75. The van der Waals surface area contributed by atoms with Crippen LogP contribution in [0.2, 0.25) is 0 Å². The Morgan fingerprint density at radius 1 is 0.818 bits per heavy atom. The zero-order valence-corrected chi connectivity index (χ0v) is 12.0. The molecule has 0 atom stereocenters. The lowest BCUT2D eigenvalue weighted by molar-refractivity contribution is 0.0975. The van der Waals surface area contributed by atoms with E-state index in [0.29, 0.717) is 5.69 Å². The van der Waals surface area contributed by atoms with Crippen molar-refractivity contribution >= 4 is 22.9 Å². The molecule has 0 aromatic heterocycles. The van der Waals surface area contributed by atoms with Gasteiger partial charge in [-0.2, -0.15) is 0 Å². The standard InChI is InChI=1S/C16H14N2O4/c1-18(2)8-4-6-10(20)14-12(8)16(22)13-9(19)5-3-7(17)11(13)15(14)21/h3-6,19-20H,17H2,1-2H3.